The maximum absolute atomic E-state index is 10.7. The second-order valence-electron chi connectivity index (χ2n) is 7.37. The first-order valence-corrected chi connectivity index (χ1v) is 7.80. The zero-order chi connectivity index (χ0) is 14.1. The summed E-state index contributed by atoms with van der Waals surface area (Å²) in [5.41, 5.74) is -0.648. The van der Waals surface area contributed by atoms with Crippen LogP contribution in [0.4, 0.5) is 0 Å². The van der Waals surface area contributed by atoms with Gasteiger partial charge in [0.25, 0.3) is 0 Å². The van der Waals surface area contributed by atoms with Gasteiger partial charge in [-0.25, -0.2) is 9.78 Å². The van der Waals surface area contributed by atoms with Gasteiger partial charge in [0, 0.05) is 18.3 Å². The Morgan fingerprint density at radius 3 is 2.70 bits per heavy atom. The average molecular weight is 284 g/mol. The standard InChI is InChI=1S/C15H24O5/c1-8-4-5-10-9(2)7-17-13-15(10)12(8)11(16)6-14(3,18-13)19-20-15/h8-13,16H,4-7H2,1-3H3/t8-,9+,10+,11-,12-,13-,14-,15+/m1/s1. The Bertz CT molecular complexity index is 415. The first kappa shape index (κ1) is 13.5. The molecule has 20 heavy (non-hydrogen) atoms. The van der Waals surface area contributed by atoms with Crippen molar-refractivity contribution in [3.63, 3.8) is 0 Å². The maximum atomic E-state index is 10.7. The molecule has 5 nitrogen and oxygen atoms in total. The van der Waals surface area contributed by atoms with E-state index in [4.69, 9.17) is 19.2 Å². The summed E-state index contributed by atoms with van der Waals surface area (Å²) in [6.07, 6.45) is 1.73. The number of hydrogen-bond acceptors (Lipinski definition) is 5. The average Bonchev–Trinajstić information content (AvgIpc) is 2.56. The zero-order valence-electron chi connectivity index (χ0n) is 12.4. The van der Waals surface area contributed by atoms with Crippen molar-refractivity contribution in [2.24, 2.45) is 23.7 Å². The molecule has 4 aliphatic heterocycles. The number of hydrogen-bond donors (Lipinski definition) is 1. The maximum Gasteiger partial charge on any atom is 0.204 e. The van der Waals surface area contributed by atoms with Crippen LogP contribution in [-0.4, -0.2) is 35.5 Å². The highest BCUT2D eigenvalue weighted by Gasteiger charge is 2.70. The third-order valence-electron chi connectivity index (χ3n) is 5.93. The van der Waals surface area contributed by atoms with Crippen molar-refractivity contribution in [2.45, 2.75) is 63.8 Å². The summed E-state index contributed by atoms with van der Waals surface area (Å²) in [5, 5.41) is 10.7. The molecule has 0 radical (unpaired) electrons. The van der Waals surface area contributed by atoms with E-state index in [0.29, 0.717) is 30.8 Å². The topological polar surface area (TPSA) is 57.2 Å². The molecule has 2 bridgehead atoms. The van der Waals surface area contributed by atoms with Crippen molar-refractivity contribution in [3.05, 3.63) is 0 Å². The lowest BCUT2D eigenvalue weighted by atomic mass is 9.58. The highest BCUT2D eigenvalue weighted by Crippen LogP contribution is 2.59. The number of rotatable bonds is 0. The number of aliphatic hydroxyl groups excluding tert-OH is 1. The molecule has 0 aromatic heterocycles. The molecule has 0 aromatic carbocycles. The smallest absolute Gasteiger partial charge is 0.204 e. The van der Waals surface area contributed by atoms with Gasteiger partial charge in [-0.1, -0.05) is 13.8 Å². The Labute approximate surface area is 119 Å². The highest BCUT2D eigenvalue weighted by molar-refractivity contribution is 5.10. The van der Waals surface area contributed by atoms with E-state index in [2.05, 4.69) is 13.8 Å². The SMILES string of the molecule is C[C@@H]1CC[C@H]2[C@@H](C)CO[C@@H]3O[C@@]4(C)C[C@@H](O)[C@@H]1[C@]32OO4. The molecule has 1 N–H and O–H groups in total. The lowest BCUT2D eigenvalue weighted by molar-refractivity contribution is -0.567. The third-order valence-corrected chi connectivity index (χ3v) is 5.93. The second-order valence-corrected chi connectivity index (χ2v) is 7.37. The van der Waals surface area contributed by atoms with Crippen molar-refractivity contribution in [1.82, 2.24) is 0 Å². The second kappa shape index (κ2) is 4.17. The summed E-state index contributed by atoms with van der Waals surface area (Å²) in [7, 11) is 0. The van der Waals surface area contributed by atoms with Crippen LogP contribution in [0.2, 0.25) is 0 Å². The Hall–Kier alpha value is -0.200. The fraction of sp³-hybridized carbons (Fsp3) is 1.00. The Morgan fingerprint density at radius 1 is 1.10 bits per heavy atom. The molecule has 4 saturated heterocycles. The summed E-state index contributed by atoms with van der Waals surface area (Å²) >= 11 is 0. The van der Waals surface area contributed by atoms with E-state index in [-0.39, 0.29) is 5.92 Å². The van der Waals surface area contributed by atoms with E-state index in [9.17, 15) is 5.11 Å². The van der Waals surface area contributed by atoms with Gasteiger partial charge < -0.3 is 14.6 Å². The van der Waals surface area contributed by atoms with E-state index in [1.165, 1.54) is 0 Å². The molecule has 0 unspecified atom stereocenters. The molecule has 0 aromatic rings. The van der Waals surface area contributed by atoms with Gasteiger partial charge in [-0.3, -0.25) is 0 Å². The number of aliphatic hydroxyl groups is 1. The van der Waals surface area contributed by atoms with Gasteiger partial charge in [0.15, 0.2) is 11.9 Å². The molecular formula is C15H24O5. The lowest BCUT2D eigenvalue weighted by Crippen LogP contribution is -2.69. The molecule has 8 atom stereocenters. The lowest BCUT2D eigenvalue weighted by Gasteiger charge is -2.59. The van der Waals surface area contributed by atoms with E-state index in [0.717, 1.165) is 12.8 Å². The zero-order valence-corrected chi connectivity index (χ0v) is 12.4. The fourth-order valence-corrected chi connectivity index (χ4v) is 5.04. The van der Waals surface area contributed by atoms with Gasteiger partial charge in [-0.15, -0.1) is 0 Å². The van der Waals surface area contributed by atoms with Crippen LogP contribution in [-0.2, 0) is 19.2 Å². The molecule has 1 aliphatic carbocycles. The monoisotopic (exact) mass is 284 g/mol. The van der Waals surface area contributed by atoms with Gasteiger partial charge in [-0.2, -0.15) is 0 Å². The Morgan fingerprint density at radius 2 is 1.90 bits per heavy atom. The van der Waals surface area contributed by atoms with E-state index in [1.54, 1.807) is 0 Å². The molecule has 1 spiro atoms. The van der Waals surface area contributed by atoms with Gasteiger partial charge >= 0.3 is 0 Å². The summed E-state index contributed by atoms with van der Waals surface area (Å²) in [6.45, 7) is 6.89. The quantitative estimate of drug-likeness (QED) is 0.688. The van der Waals surface area contributed by atoms with Crippen molar-refractivity contribution < 1.29 is 24.4 Å². The van der Waals surface area contributed by atoms with Crippen molar-refractivity contribution in [2.75, 3.05) is 6.61 Å². The van der Waals surface area contributed by atoms with Crippen molar-refractivity contribution in [1.29, 1.82) is 0 Å². The van der Waals surface area contributed by atoms with Crippen LogP contribution in [0, 0.1) is 23.7 Å². The largest absolute Gasteiger partial charge is 0.392 e. The molecule has 0 amide bonds. The van der Waals surface area contributed by atoms with E-state index >= 15 is 0 Å². The number of fused-ring (bicyclic) bond motifs is 2. The van der Waals surface area contributed by atoms with Crippen LogP contribution in [0.1, 0.15) is 40.0 Å². The van der Waals surface area contributed by atoms with Gasteiger partial charge in [0.05, 0.1) is 12.7 Å². The van der Waals surface area contributed by atoms with Gasteiger partial charge in [-0.05, 0) is 31.6 Å². The van der Waals surface area contributed by atoms with Crippen LogP contribution < -0.4 is 0 Å². The molecule has 5 rings (SSSR count). The van der Waals surface area contributed by atoms with Crippen LogP contribution in [0.5, 0.6) is 0 Å². The molecule has 5 heteroatoms. The summed E-state index contributed by atoms with van der Waals surface area (Å²) in [4.78, 5) is 11.6. The van der Waals surface area contributed by atoms with Crippen LogP contribution in [0.25, 0.3) is 0 Å². The molecule has 4 heterocycles. The van der Waals surface area contributed by atoms with Crippen molar-refractivity contribution >= 4 is 0 Å². The Kier molecular flexibility index (Phi) is 2.81. The third kappa shape index (κ3) is 1.56. The summed E-state index contributed by atoms with van der Waals surface area (Å²) in [6, 6.07) is 0. The van der Waals surface area contributed by atoms with Crippen molar-refractivity contribution in [3.8, 4) is 0 Å². The summed E-state index contributed by atoms with van der Waals surface area (Å²) < 4.78 is 12.0. The first-order valence-electron chi connectivity index (χ1n) is 7.80. The van der Waals surface area contributed by atoms with Gasteiger partial charge in [0.2, 0.25) is 5.79 Å². The molecule has 114 valence electrons. The predicted octanol–water partition coefficient (Wildman–Crippen LogP) is 1.84. The minimum Gasteiger partial charge on any atom is -0.392 e. The van der Waals surface area contributed by atoms with E-state index in [1.807, 2.05) is 6.92 Å². The normalized spacial score (nSPS) is 61.8. The molecule has 1 saturated carbocycles. The molecular weight excluding hydrogens is 260 g/mol. The summed E-state index contributed by atoms with van der Waals surface area (Å²) in [5.74, 6) is 0.198. The highest BCUT2D eigenvalue weighted by atomic mass is 17.3. The predicted molar refractivity (Wildman–Crippen MR) is 69.3 cm³/mol. The van der Waals surface area contributed by atoms with Crippen LogP contribution in [0.3, 0.4) is 0 Å². The molecule has 5 fully saturated rings. The van der Waals surface area contributed by atoms with Crippen LogP contribution >= 0.6 is 0 Å². The minimum absolute atomic E-state index is 0.0123. The number of ether oxygens (including phenoxy) is 2. The first-order chi connectivity index (χ1) is 9.46. The minimum atomic E-state index is -0.905. The fourth-order valence-electron chi connectivity index (χ4n) is 5.04. The van der Waals surface area contributed by atoms with E-state index < -0.39 is 23.8 Å². The Balaban J connectivity index is 1.85. The van der Waals surface area contributed by atoms with Crippen LogP contribution in [0.15, 0.2) is 0 Å². The molecule has 5 aliphatic rings. The van der Waals surface area contributed by atoms with Gasteiger partial charge in [0.1, 0.15) is 0 Å².